The first-order valence-electron chi connectivity index (χ1n) is 12.5. The van der Waals surface area contributed by atoms with Crippen molar-refractivity contribution in [2.24, 2.45) is 5.92 Å². The molecule has 4 aromatic heterocycles. The van der Waals surface area contributed by atoms with Crippen molar-refractivity contribution in [1.82, 2.24) is 34.5 Å². The summed E-state index contributed by atoms with van der Waals surface area (Å²) in [5.41, 5.74) is 3.31. The van der Waals surface area contributed by atoms with Crippen molar-refractivity contribution in [2.45, 2.75) is 57.6 Å². The smallest absolute Gasteiger partial charge is 0.294 e. The predicted molar refractivity (Wildman–Crippen MR) is 144 cm³/mol. The molecule has 10 nitrogen and oxygen atoms in total. The lowest BCUT2D eigenvalue weighted by Crippen LogP contribution is -2.28. The Labute approximate surface area is 219 Å². The molecule has 0 aliphatic heterocycles. The summed E-state index contributed by atoms with van der Waals surface area (Å²) in [5, 5.41) is 4.18. The molecule has 0 amide bonds. The number of nitrogens with one attached hydrogen (secondary N) is 1. The second kappa shape index (κ2) is 10.8. The van der Waals surface area contributed by atoms with E-state index in [4.69, 9.17) is 9.72 Å². The van der Waals surface area contributed by atoms with Crippen LogP contribution in [0.4, 0.5) is 5.82 Å². The van der Waals surface area contributed by atoms with E-state index in [-0.39, 0.29) is 17.3 Å². The van der Waals surface area contributed by atoms with E-state index < -0.39 is 0 Å². The summed E-state index contributed by atoms with van der Waals surface area (Å²) in [6.07, 6.45) is 7.11. The van der Waals surface area contributed by atoms with Gasteiger partial charge in [0.1, 0.15) is 17.4 Å². The zero-order valence-electron chi connectivity index (χ0n) is 21.4. The second-order valence-corrected chi connectivity index (χ2v) is 10.7. The largest absolute Gasteiger partial charge is 0.480 e. The van der Waals surface area contributed by atoms with Gasteiger partial charge in [0.25, 0.3) is 5.56 Å². The molecular formula is C26H30N8O2S. The Bertz CT molecular complexity index is 1470. The van der Waals surface area contributed by atoms with Gasteiger partial charge in [-0.25, -0.2) is 29.9 Å². The van der Waals surface area contributed by atoms with Gasteiger partial charge < -0.3 is 10.1 Å². The van der Waals surface area contributed by atoms with Crippen molar-refractivity contribution >= 4 is 28.7 Å². The molecular weight excluding hydrogens is 488 g/mol. The van der Waals surface area contributed by atoms with Gasteiger partial charge in [-0.1, -0.05) is 26.8 Å². The van der Waals surface area contributed by atoms with Crippen LogP contribution >= 0.6 is 11.8 Å². The first kappa shape index (κ1) is 25.1. The molecule has 4 heterocycles. The maximum absolute atomic E-state index is 13.5. The summed E-state index contributed by atoms with van der Waals surface area (Å²) < 4.78 is 7.20. The molecule has 11 heteroatoms. The van der Waals surface area contributed by atoms with Crippen LogP contribution in [0.5, 0.6) is 5.88 Å². The quantitative estimate of drug-likeness (QED) is 0.304. The lowest BCUT2D eigenvalue weighted by molar-refractivity contribution is 0.397. The van der Waals surface area contributed by atoms with Gasteiger partial charge in [-0.15, -0.1) is 11.8 Å². The van der Waals surface area contributed by atoms with Crippen LogP contribution < -0.4 is 15.6 Å². The van der Waals surface area contributed by atoms with Crippen molar-refractivity contribution in [3.05, 3.63) is 52.5 Å². The van der Waals surface area contributed by atoms with Crippen LogP contribution in [0.15, 0.2) is 40.7 Å². The van der Waals surface area contributed by atoms with E-state index in [0.29, 0.717) is 47.4 Å². The van der Waals surface area contributed by atoms with E-state index in [0.717, 1.165) is 34.9 Å². The van der Waals surface area contributed by atoms with Crippen LogP contribution in [-0.4, -0.2) is 47.3 Å². The van der Waals surface area contributed by atoms with E-state index in [9.17, 15) is 4.79 Å². The van der Waals surface area contributed by atoms with Crippen molar-refractivity contribution < 1.29 is 4.74 Å². The average molecular weight is 519 g/mol. The maximum atomic E-state index is 13.5. The zero-order valence-corrected chi connectivity index (χ0v) is 22.2. The number of nitrogens with zero attached hydrogens (tertiary/aromatic N) is 7. The van der Waals surface area contributed by atoms with Crippen molar-refractivity contribution in [3.8, 4) is 17.3 Å². The Morgan fingerprint density at radius 1 is 1.14 bits per heavy atom. The number of thioether (sulfide) groups is 1. The minimum Gasteiger partial charge on any atom is -0.480 e. The molecule has 192 valence electrons. The number of anilines is 1. The highest BCUT2D eigenvalue weighted by molar-refractivity contribution is 7.99. The Morgan fingerprint density at radius 2 is 1.97 bits per heavy atom. The molecule has 5 rings (SSSR count). The summed E-state index contributed by atoms with van der Waals surface area (Å²) in [4.78, 5) is 40.8. The Balaban J connectivity index is 1.54. The molecule has 0 bridgehead atoms. The molecule has 4 aromatic rings. The van der Waals surface area contributed by atoms with Gasteiger partial charge in [0, 0.05) is 25.2 Å². The number of ether oxygens (including phenoxy) is 1. The standard InChI is InChI=1S/C26H30N8O2S/c1-5-37-19-9-6-16(10-27-19)11-28-23-26(35)34(13-15(2)3)24-18(32-23)12-29-22(33-24)20-21(17-7-8-17)30-14-31-25(20)36-4/h6,9-10,12,14-15,17H,5,7-8,11,13H2,1-4H3,(H,28,32). The van der Waals surface area contributed by atoms with E-state index >= 15 is 0 Å². The Morgan fingerprint density at radius 3 is 2.65 bits per heavy atom. The topological polar surface area (TPSA) is 121 Å². The summed E-state index contributed by atoms with van der Waals surface area (Å²) in [5.74, 6) is 2.66. The zero-order chi connectivity index (χ0) is 25.9. The number of rotatable bonds is 10. The third-order valence-electron chi connectivity index (χ3n) is 6.01. The second-order valence-electron chi connectivity index (χ2n) is 9.38. The van der Waals surface area contributed by atoms with E-state index in [1.54, 1.807) is 29.6 Å². The molecule has 0 atom stereocenters. The van der Waals surface area contributed by atoms with Crippen molar-refractivity contribution in [2.75, 3.05) is 18.2 Å². The lowest BCUT2D eigenvalue weighted by Gasteiger charge is -2.16. The highest BCUT2D eigenvalue weighted by atomic mass is 32.2. The van der Waals surface area contributed by atoms with Crippen LogP contribution in [0.1, 0.15) is 50.8 Å². The van der Waals surface area contributed by atoms with Crippen LogP contribution in [0.25, 0.3) is 22.6 Å². The molecule has 0 unspecified atom stereocenters. The number of methoxy groups -OCH3 is 1. The third-order valence-corrected chi connectivity index (χ3v) is 6.83. The number of aromatic nitrogens is 7. The first-order chi connectivity index (χ1) is 18.0. The summed E-state index contributed by atoms with van der Waals surface area (Å²) >= 11 is 1.69. The number of pyridine rings is 1. The highest BCUT2D eigenvalue weighted by Crippen LogP contribution is 2.44. The third kappa shape index (κ3) is 5.41. The molecule has 0 saturated heterocycles. The van der Waals surface area contributed by atoms with Gasteiger partial charge in [0.15, 0.2) is 17.3 Å². The molecule has 37 heavy (non-hydrogen) atoms. The van der Waals surface area contributed by atoms with Gasteiger partial charge in [-0.3, -0.25) is 9.36 Å². The SMILES string of the molecule is CCSc1ccc(CNc2nc3cnc(-c4c(OC)ncnc4C4CC4)nc3n(CC(C)C)c2=O)cn1. The molecule has 0 radical (unpaired) electrons. The normalized spacial score (nSPS) is 13.3. The van der Waals surface area contributed by atoms with Gasteiger partial charge in [0.05, 0.1) is 24.0 Å². The fourth-order valence-electron chi connectivity index (χ4n) is 4.15. The minimum absolute atomic E-state index is 0.221. The maximum Gasteiger partial charge on any atom is 0.294 e. The summed E-state index contributed by atoms with van der Waals surface area (Å²) in [7, 11) is 1.57. The van der Waals surface area contributed by atoms with E-state index in [1.165, 1.54) is 6.33 Å². The van der Waals surface area contributed by atoms with Crippen LogP contribution in [-0.2, 0) is 13.1 Å². The molecule has 0 aromatic carbocycles. The number of hydrogen-bond donors (Lipinski definition) is 1. The summed E-state index contributed by atoms with van der Waals surface area (Å²) in [6, 6.07) is 4.00. The van der Waals surface area contributed by atoms with Crippen LogP contribution in [0.3, 0.4) is 0 Å². The molecule has 1 N–H and O–H groups in total. The van der Waals surface area contributed by atoms with Gasteiger partial charge in [-0.2, -0.15) is 0 Å². The number of hydrogen-bond acceptors (Lipinski definition) is 10. The molecule has 1 saturated carbocycles. The van der Waals surface area contributed by atoms with Gasteiger partial charge in [-0.05, 0) is 36.1 Å². The van der Waals surface area contributed by atoms with Crippen molar-refractivity contribution in [3.63, 3.8) is 0 Å². The molecule has 0 spiro atoms. The predicted octanol–water partition coefficient (Wildman–Crippen LogP) is 4.30. The minimum atomic E-state index is -0.226. The monoisotopic (exact) mass is 518 g/mol. The molecule has 1 aliphatic rings. The van der Waals surface area contributed by atoms with E-state index in [1.807, 2.05) is 18.3 Å². The van der Waals surface area contributed by atoms with Gasteiger partial charge in [0.2, 0.25) is 5.88 Å². The number of fused-ring (bicyclic) bond motifs is 1. The average Bonchev–Trinajstić information content (AvgIpc) is 3.75. The van der Waals surface area contributed by atoms with Crippen molar-refractivity contribution in [1.29, 1.82) is 0 Å². The van der Waals surface area contributed by atoms with Crippen LogP contribution in [0, 0.1) is 5.92 Å². The fraction of sp³-hybridized carbons (Fsp3) is 0.423. The van der Waals surface area contributed by atoms with E-state index in [2.05, 4.69) is 51.0 Å². The lowest BCUT2D eigenvalue weighted by atomic mass is 10.1. The first-order valence-corrected chi connectivity index (χ1v) is 13.5. The Hall–Kier alpha value is -3.60. The van der Waals surface area contributed by atoms with Gasteiger partial charge >= 0.3 is 0 Å². The highest BCUT2D eigenvalue weighted by Gasteiger charge is 2.31. The van der Waals surface area contributed by atoms with Crippen LogP contribution in [0.2, 0.25) is 0 Å². The fourth-order valence-corrected chi connectivity index (χ4v) is 4.74. The molecule has 1 fully saturated rings. The Kier molecular flexibility index (Phi) is 7.31. The summed E-state index contributed by atoms with van der Waals surface area (Å²) in [6.45, 7) is 7.15. The molecule has 1 aliphatic carbocycles.